The van der Waals surface area contributed by atoms with E-state index in [0.29, 0.717) is 5.69 Å². The number of benzene rings is 1. The van der Waals surface area contributed by atoms with Gasteiger partial charge in [-0.1, -0.05) is 0 Å². The fourth-order valence-corrected chi connectivity index (χ4v) is 3.06. The Balaban J connectivity index is 1.51. The van der Waals surface area contributed by atoms with E-state index in [-0.39, 0.29) is 30.1 Å². The molecule has 1 fully saturated rings. The fraction of sp³-hybridized carbons (Fsp3) is 0.263. The van der Waals surface area contributed by atoms with Gasteiger partial charge in [0, 0.05) is 18.5 Å². The lowest BCUT2D eigenvalue weighted by molar-refractivity contribution is 0.177. The first-order chi connectivity index (χ1) is 14.5. The van der Waals surface area contributed by atoms with Gasteiger partial charge in [0.1, 0.15) is 36.8 Å². The van der Waals surface area contributed by atoms with Crippen molar-refractivity contribution >= 4 is 17.9 Å². The average molecular weight is 418 g/mol. The van der Waals surface area contributed by atoms with Crippen LogP contribution in [0.25, 0.3) is 5.69 Å². The first-order valence-electron chi connectivity index (χ1n) is 9.07. The molecule has 1 aliphatic heterocycles. The Morgan fingerprint density at radius 1 is 1.30 bits per heavy atom. The molecule has 8 nitrogen and oxygen atoms in total. The number of carbonyl (C=O) groups excluding carboxylic acids is 1. The van der Waals surface area contributed by atoms with Crippen molar-refractivity contribution in [2.24, 2.45) is 0 Å². The van der Waals surface area contributed by atoms with Crippen LogP contribution in [0.5, 0.6) is 0 Å². The normalized spacial score (nSPS) is 17.1. The Kier molecular flexibility index (Phi) is 5.25. The maximum Gasteiger partial charge on any atom is 0.416 e. The maximum absolute atomic E-state index is 14.0. The molecule has 3 aromatic rings. The number of alkyl halides is 1. The number of amides is 1. The molecule has 1 N–H and O–H groups in total. The van der Waals surface area contributed by atoms with Crippen LogP contribution in [0.4, 0.5) is 29.7 Å². The van der Waals surface area contributed by atoms with Gasteiger partial charge in [-0.3, -0.25) is 4.90 Å². The van der Waals surface area contributed by atoms with Crippen LogP contribution >= 0.6 is 0 Å². The summed E-state index contributed by atoms with van der Waals surface area (Å²) in [6.45, 7) is 0.986. The Morgan fingerprint density at radius 3 is 2.90 bits per heavy atom. The lowest BCUT2D eigenvalue weighted by atomic mass is 10.2. The standard InChI is InChI=1S/C19H17F3N6O2/c1-11(15-8-27(10-24-15)16-3-2-12(21)6-14(16)22)25-18-23-5-4-17(26-18)28-13(7-20)9-30-19(28)29/h2-6,8,10-11,13H,7,9H2,1H3,(H,23,25,26)/t11-,13?/m0/s1. The summed E-state index contributed by atoms with van der Waals surface area (Å²) in [6, 6.07) is 3.64. The van der Waals surface area contributed by atoms with Crippen molar-refractivity contribution in [2.75, 3.05) is 23.5 Å². The summed E-state index contributed by atoms with van der Waals surface area (Å²) >= 11 is 0. The fourth-order valence-electron chi connectivity index (χ4n) is 3.06. The largest absolute Gasteiger partial charge is 0.447 e. The van der Waals surface area contributed by atoms with E-state index in [0.717, 1.165) is 17.0 Å². The molecule has 0 saturated carbocycles. The molecule has 1 amide bonds. The minimum Gasteiger partial charge on any atom is -0.447 e. The van der Waals surface area contributed by atoms with E-state index in [1.165, 1.54) is 29.2 Å². The molecule has 11 heteroatoms. The van der Waals surface area contributed by atoms with E-state index in [1.807, 2.05) is 0 Å². The van der Waals surface area contributed by atoms with E-state index < -0.39 is 30.4 Å². The Bertz CT molecular complexity index is 1080. The summed E-state index contributed by atoms with van der Waals surface area (Å²) in [5, 5.41) is 3.03. The number of halogens is 3. The third-order valence-electron chi connectivity index (χ3n) is 4.61. The van der Waals surface area contributed by atoms with Gasteiger partial charge in [0.2, 0.25) is 5.95 Å². The Hall–Kier alpha value is -3.63. The van der Waals surface area contributed by atoms with Crippen molar-refractivity contribution in [2.45, 2.75) is 19.0 Å². The topological polar surface area (TPSA) is 85.2 Å². The Labute approximate surface area is 169 Å². The minimum absolute atomic E-state index is 0.0458. The summed E-state index contributed by atoms with van der Waals surface area (Å²) in [4.78, 5) is 25.6. The number of imidazole rings is 1. The molecule has 1 aliphatic rings. The van der Waals surface area contributed by atoms with E-state index in [1.54, 1.807) is 13.1 Å². The summed E-state index contributed by atoms with van der Waals surface area (Å²) in [6.07, 6.45) is 3.77. The molecule has 1 saturated heterocycles. The van der Waals surface area contributed by atoms with Crippen LogP contribution in [0.2, 0.25) is 0 Å². The van der Waals surface area contributed by atoms with Crippen molar-refractivity contribution in [1.82, 2.24) is 19.5 Å². The van der Waals surface area contributed by atoms with Crippen LogP contribution in [-0.4, -0.2) is 44.9 Å². The highest BCUT2D eigenvalue weighted by molar-refractivity contribution is 5.89. The number of carbonyl (C=O) groups is 1. The molecular weight excluding hydrogens is 401 g/mol. The zero-order chi connectivity index (χ0) is 21.3. The lowest BCUT2D eigenvalue weighted by Crippen LogP contribution is -2.35. The second-order valence-corrected chi connectivity index (χ2v) is 6.66. The van der Waals surface area contributed by atoms with Gasteiger partial charge in [0.05, 0.1) is 23.8 Å². The average Bonchev–Trinajstić information content (AvgIpc) is 3.35. The van der Waals surface area contributed by atoms with E-state index >= 15 is 0 Å². The van der Waals surface area contributed by atoms with Crippen molar-refractivity contribution in [3.8, 4) is 5.69 Å². The molecule has 0 spiro atoms. The van der Waals surface area contributed by atoms with Crippen LogP contribution in [-0.2, 0) is 4.74 Å². The van der Waals surface area contributed by atoms with Gasteiger partial charge in [0.15, 0.2) is 0 Å². The van der Waals surface area contributed by atoms with Gasteiger partial charge >= 0.3 is 6.09 Å². The highest BCUT2D eigenvalue weighted by atomic mass is 19.1. The number of aromatic nitrogens is 4. The molecule has 3 heterocycles. The summed E-state index contributed by atoms with van der Waals surface area (Å²) < 4.78 is 46.5. The molecule has 1 aromatic carbocycles. The predicted octanol–water partition coefficient (Wildman–Crippen LogP) is 3.41. The van der Waals surface area contributed by atoms with Gasteiger partial charge < -0.3 is 14.6 Å². The third kappa shape index (κ3) is 3.78. The van der Waals surface area contributed by atoms with Gasteiger partial charge in [-0.15, -0.1) is 0 Å². The SMILES string of the molecule is C[C@H](Nc1nccc(N2C(=O)OCC2CF)n1)c1cn(-c2ccc(F)cc2F)cn1. The molecule has 0 aliphatic carbocycles. The smallest absolute Gasteiger partial charge is 0.416 e. The second kappa shape index (κ2) is 8.01. The van der Waals surface area contributed by atoms with E-state index in [2.05, 4.69) is 20.3 Å². The van der Waals surface area contributed by atoms with Gasteiger partial charge in [-0.25, -0.2) is 27.9 Å². The third-order valence-corrected chi connectivity index (χ3v) is 4.61. The van der Waals surface area contributed by atoms with Crippen LogP contribution < -0.4 is 10.2 Å². The highest BCUT2D eigenvalue weighted by Crippen LogP contribution is 2.24. The summed E-state index contributed by atoms with van der Waals surface area (Å²) in [5.74, 6) is -0.973. The van der Waals surface area contributed by atoms with Crippen molar-refractivity contribution < 1.29 is 22.7 Å². The number of nitrogens with one attached hydrogen (secondary N) is 1. The Morgan fingerprint density at radius 2 is 2.13 bits per heavy atom. The quantitative estimate of drug-likeness (QED) is 0.661. The van der Waals surface area contributed by atoms with Crippen LogP contribution in [0, 0.1) is 11.6 Å². The van der Waals surface area contributed by atoms with Crippen LogP contribution in [0.15, 0.2) is 43.0 Å². The maximum atomic E-state index is 14.0. The summed E-state index contributed by atoms with van der Waals surface area (Å²) in [7, 11) is 0. The van der Waals surface area contributed by atoms with Gasteiger partial charge in [-0.2, -0.15) is 4.98 Å². The number of cyclic esters (lactones) is 1. The molecular formula is C19H17F3N6O2. The molecule has 0 bridgehead atoms. The van der Waals surface area contributed by atoms with Gasteiger partial charge in [-0.05, 0) is 25.1 Å². The first kappa shape index (κ1) is 19.7. The molecule has 156 valence electrons. The number of hydrogen-bond donors (Lipinski definition) is 1. The van der Waals surface area contributed by atoms with E-state index in [4.69, 9.17) is 4.74 Å². The molecule has 30 heavy (non-hydrogen) atoms. The number of ether oxygens (including phenoxy) is 1. The van der Waals surface area contributed by atoms with Crippen LogP contribution in [0.1, 0.15) is 18.7 Å². The number of hydrogen-bond acceptors (Lipinski definition) is 6. The number of nitrogens with zero attached hydrogens (tertiary/aromatic N) is 5. The predicted molar refractivity (Wildman–Crippen MR) is 101 cm³/mol. The van der Waals surface area contributed by atoms with Crippen molar-refractivity contribution in [3.05, 3.63) is 60.3 Å². The minimum atomic E-state index is -0.758. The van der Waals surface area contributed by atoms with Crippen LogP contribution in [0.3, 0.4) is 0 Å². The number of anilines is 2. The summed E-state index contributed by atoms with van der Waals surface area (Å²) in [5.41, 5.74) is 0.709. The van der Waals surface area contributed by atoms with Crippen molar-refractivity contribution in [1.29, 1.82) is 0 Å². The number of rotatable bonds is 6. The molecule has 2 atom stereocenters. The lowest BCUT2D eigenvalue weighted by Gasteiger charge is -2.19. The zero-order valence-corrected chi connectivity index (χ0v) is 15.8. The molecule has 0 radical (unpaired) electrons. The van der Waals surface area contributed by atoms with Gasteiger partial charge in [0.25, 0.3) is 0 Å². The molecule has 1 unspecified atom stereocenters. The van der Waals surface area contributed by atoms with Crippen molar-refractivity contribution in [3.63, 3.8) is 0 Å². The molecule has 2 aromatic heterocycles. The monoisotopic (exact) mass is 418 g/mol. The second-order valence-electron chi connectivity index (χ2n) is 6.66. The first-order valence-corrected chi connectivity index (χ1v) is 9.07. The zero-order valence-electron chi connectivity index (χ0n) is 15.8. The highest BCUT2D eigenvalue weighted by Gasteiger charge is 2.35. The van der Waals surface area contributed by atoms with E-state index in [9.17, 15) is 18.0 Å². The molecule has 4 rings (SSSR count).